The van der Waals surface area contributed by atoms with Gasteiger partial charge in [-0.25, -0.2) is 17.9 Å². The largest absolute Gasteiger partial charge is 0.465 e. The second kappa shape index (κ2) is 8.03. The van der Waals surface area contributed by atoms with Crippen LogP contribution in [0.1, 0.15) is 40.7 Å². The van der Waals surface area contributed by atoms with Gasteiger partial charge in [0.05, 0.1) is 17.6 Å². The van der Waals surface area contributed by atoms with Crippen LogP contribution in [0.2, 0.25) is 10.0 Å². The van der Waals surface area contributed by atoms with E-state index in [1.165, 1.54) is 25.3 Å². The lowest BCUT2D eigenvalue weighted by atomic mass is 9.74. The molecule has 1 aliphatic carbocycles. The molecule has 0 amide bonds. The SMILES string of the molecule is COC(=O)c1ccc(S(=O)(=O)NC2(Cc3ccc(Cl)cc3Cl)CCC2)cc1C. The molecule has 0 radical (unpaired) electrons. The van der Waals surface area contributed by atoms with Crippen LogP contribution in [0.3, 0.4) is 0 Å². The van der Waals surface area contributed by atoms with Crippen molar-refractivity contribution in [3.8, 4) is 0 Å². The van der Waals surface area contributed by atoms with Gasteiger partial charge in [-0.3, -0.25) is 0 Å². The number of rotatable bonds is 6. The number of hydrogen-bond donors (Lipinski definition) is 1. The first-order chi connectivity index (χ1) is 13.2. The minimum absolute atomic E-state index is 0.117. The van der Waals surface area contributed by atoms with Crippen molar-refractivity contribution in [2.45, 2.75) is 43.0 Å². The Bertz CT molecular complexity index is 1020. The molecular formula is C20H21Cl2NO4S. The smallest absolute Gasteiger partial charge is 0.338 e. The Morgan fingerprint density at radius 3 is 2.43 bits per heavy atom. The van der Waals surface area contributed by atoms with Gasteiger partial charge >= 0.3 is 5.97 Å². The Labute approximate surface area is 175 Å². The van der Waals surface area contributed by atoms with Gasteiger partial charge in [0.2, 0.25) is 10.0 Å². The molecule has 2 aromatic rings. The molecule has 0 heterocycles. The molecule has 0 atom stereocenters. The highest BCUT2D eigenvalue weighted by Crippen LogP contribution is 2.38. The van der Waals surface area contributed by atoms with Crippen molar-refractivity contribution in [3.63, 3.8) is 0 Å². The van der Waals surface area contributed by atoms with E-state index in [4.69, 9.17) is 27.9 Å². The number of benzene rings is 2. The quantitative estimate of drug-likeness (QED) is 0.668. The minimum Gasteiger partial charge on any atom is -0.465 e. The lowest BCUT2D eigenvalue weighted by molar-refractivity contribution is 0.0599. The zero-order valence-electron chi connectivity index (χ0n) is 15.6. The number of sulfonamides is 1. The van der Waals surface area contributed by atoms with Crippen LogP contribution >= 0.6 is 23.2 Å². The molecule has 28 heavy (non-hydrogen) atoms. The van der Waals surface area contributed by atoms with Crippen molar-refractivity contribution >= 4 is 39.2 Å². The predicted octanol–water partition coefficient (Wildman–Crippen LogP) is 4.53. The maximum atomic E-state index is 13.0. The van der Waals surface area contributed by atoms with Gasteiger partial charge in [0.1, 0.15) is 0 Å². The first-order valence-electron chi connectivity index (χ1n) is 8.83. The number of carbonyl (C=O) groups is 1. The van der Waals surface area contributed by atoms with Gasteiger partial charge in [0.15, 0.2) is 0 Å². The third-order valence-electron chi connectivity index (χ3n) is 5.12. The van der Waals surface area contributed by atoms with Gasteiger partial charge in [-0.2, -0.15) is 0 Å². The summed E-state index contributed by atoms with van der Waals surface area (Å²) in [5.41, 5.74) is 1.15. The Kier molecular flexibility index (Phi) is 6.05. The Morgan fingerprint density at radius 2 is 1.89 bits per heavy atom. The van der Waals surface area contributed by atoms with E-state index in [2.05, 4.69) is 4.72 Å². The lowest BCUT2D eigenvalue weighted by Gasteiger charge is -2.42. The third-order valence-corrected chi connectivity index (χ3v) is 7.28. The molecule has 8 heteroatoms. The van der Waals surface area contributed by atoms with Gasteiger partial charge in [-0.1, -0.05) is 29.3 Å². The fraction of sp³-hybridized carbons (Fsp3) is 0.350. The molecule has 0 spiro atoms. The Balaban J connectivity index is 1.85. The average molecular weight is 442 g/mol. The summed E-state index contributed by atoms with van der Waals surface area (Å²) < 4.78 is 33.6. The van der Waals surface area contributed by atoms with Crippen LogP contribution < -0.4 is 4.72 Å². The van der Waals surface area contributed by atoms with Gasteiger partial charge in [-0.15, -0.1) is 0 Å². The molecule has 0 aliphatic heterocycles. The summed E-state index contributed by atoms with van der Waals surface area (Å²) in [5, 5.41) is 1.06. The molecule has 5 nitrogen and oxygen atoms in total. The summed E-state index contributed by atoms with van der Waals surface area (Å²) >= 11 is 12.2. The highest BCUT2D eigenvalue weighted by atomic mass is 35.5. The van der Waals surface area contributed by atoms with Crippen molar-refractivity contribution in [1.29, 1.82) is 0 Å². The van der Waals surface area contributed by atoms with Crippen LogP contribution in [0.15, 0.2) is 41.3 Å². The van der Waals surface area contributed by atoms with E-state index < -0.39 is 21.5 Å². The number of nitrogens with one attached hydrogen (secondary N) is 1. The van der Waals surface area contributed by atoms with Crippen molar-refractivity contribution < 1.29 is 17.9 Å². The molecule has 0 unspecified atom stereocenters. The number of carbonyl (C=O) groups excluding carboxylic acids is 1. The van der Waals surface area contributed by atoms with E-state index in [-0.39, 0.29) is 4.90 Å². The van der Waals surface area contributed by atoms with E-state index in [1.807, 2.05) is 6.07 Å². The highest BCUT2D eigenvalue weighted by Gasteiger charge is 2.41. The second-order valence-corrected chi connectivity index (χ2v) is 9.65. The first kappa shape index (κ1) is 21.1. The van der Waals surface area contributed by atoms with Crippen LogP contribution in [0, 0.1) is 6.92 Å². The summed E-state index contributed by atoms with van der Waals surface area (Å²) in [4.78, 5) is 11.8. The number of ether oxygens (including phenoxy) is 1. The van der Waals surface area contributed by atoms with E-state index in [0.717, 1.165) is 24.8 Å². The molecule has 2 aromatic carbocycles. The van der Waals surface area contributed by atoms with Crippen molar-refractivity contribution in [3.05, 3.63) is 63.1 Å². The first-order valence-corrected chi connectivity index (χ1v) is 11.1. The van der Waals surface area contributed by atoms with Crippen molar-refractivity contribution in [2.24, 2.45) is 0 Å². The molecule has 150 valence electrons. The molecule has 1 aliphatic rings. The van der Waals surface area contributed by atoms with E-state index >= 15 is 0 Å². The van der Waals surface area contributed by atoms with Crippen LogP contribution in [0.4, 0.5) is 0 Å². The average Bonchev–Trinajstić information content (AvgIpc) is 2.61. The van der Waals surface area contributed by atoms with E-state index in [1.54, 1.807) is 19.1 Å². The normalized spacial score (nSPS) is 15.7. The number of aryl methyl sites for hydroxylation is 1. The molecule has 1 fully saturated rings. The molecular weight excluding hydrogens is 421 g/mol. The number of methoxy groups -OCH3 is 1. The van der Waals surface area contributed by atoms with Gasteiger partial charge in [0, 0.05) is 15.6 Å². The molecule has 1 N–H and O–H groups in total. The lowest BCUT2D eigenvalue weighted by Crippen LogP contribution is -2.54. The van der Waals surface area contributed by atoms with E-state index in [0.29, 0.717) is 27.6 Å². The zero-order valence-corrected chi connectivity index (χ0v) is 17.9. The van der Waals surface area contributed by atoms with Crippen LogP contribution in [0.5, 0.6) is 0 Å². The van der Waals surface area contributed by atoms with Crippen molar-refractivity contribution in [1.82, 2.24) is 4.72 Å². The molecule has 0 saturated heterocycles. The fourth-order valence-electron chi connectivity index (χ4n) is 3.43. The fourth-order valence-corrected chi connectivity index (χ4v) is 5.45. The summed E-state index contributed by atoms with van der Waals surface area (Å²) in [6, 6.07) is 9.61. The Hall–Kier alpha value is -1.60. The molecule has 0 aromatic heterocycles. The standard InChI is InChI=1S/C20H21Cl2NO4S/c1-13-10-16(6-7-17(13)19(24)27-2)28(25,26)23-20(8-3-9-20)12-14-4-5-15(21)11-18(14)22/h4-7,10-11,23H,3,8-9,12H2,1-2H3. The van der Waals surface area contributed by atoms with Crippen LogP contribution in [0.25, 0.3) is 0 Å². The highest BCUT2D eigenvalue weighted by molar-refractivity contribution is 7.89. The molecule has 3 rings (SSSR count). The summed E-state index contributed by atoms with van der Waals surface area (Å²) in [6.07, 6.45) is 2.88. The van der Waals surface area contributed by atoms with E-state index in [9.17, 15) is 13.2 Å². The van der Waals surface area contributed by atoms with Crippen LogP contribution in [-0.2, 0) is 21.2 Å². The maximum Gasteiger partial charge on any atom is 0.338 e. The van der Waals surface area contributed by atoms with Gasteiger partial charge < -0.3 is 4.74 Å². The Morgan fingerprint density at radius 1 is 1.18 bits per heavy atom. The zero-order chi connectivity index (χ0) is 20.5. The van der Waals surface area contributed by atoms with Crippen molar-refractivity contribution in [2.75, 3.05) is 7.11 Å². The third kappa shape index (κ3) is 4.35. The summed E-state index contributed by atoms with van der Waals surface area (Å²) in [6.45, 7) is 1.68. The van der Waals surface area contributed by atoms with Crippen LogP contribution in [-0.4, -0.2) is 27.0 Å². The monoisotopic (exact) mass is 441 g/mol. The minimum atomic E-state index is -3.76. The van der Waals surface area contributed by atoms with Gasteiger partial charge in [0.25, 0.3) is 0 Å². The molecule has 0 bridgehead atoms. The number of halogens is 2. The predicted molar refractivity (Wildman–Crippen MR) is 110 cm³/mol. The maximum absolute atomic E-state index is 13.0. The molecule has 1 saturated carbocycles. The summed E-state index contributed by atoms with van der Waals surface area (Å²) in [7, 11) is -2.47. The second-order valence-electron chi connectivity index (χ2n) is 7.12. The van der Waals surface area contributed by atoms with Gasteiger partial charge in [-0.05, 0) is 74.1 Å². The number of esters is 1. The number of hydrogen-bond acceptors (Lipinski definition) is 4. The topological polar surface area (TPSA) is 72.5 Å². The summed E-state index contributed by atoms with van der Waals surface area (Å²) in [5.74, 6) is -0.498.